The van der Waals surface area contributed by atoms with Gasteiger partial charge < -0.3 is 10.9 Å². The van der Waals surface area contributed by atoms with Crippen LogP contribution >= 0.6 is 0 Å². The molecule has 1 heterocycles. The molecule has 4 nitrogen and oxygen atoms in total. The van der Waals surface area contributed by atoms with Crippen LogP contribution in [0.15, 0.2) is 0 Å². The molecule has 1 aliphatic rings. The Kier molecular flexibility index (Phi) is 2.16. The van der Waals surface area contributed by atoms with E-state index in [1.165, 1.54) is 5.06 Å². The highest BCUT2D eigenvalue weighted by molar-refractivity contribution is 5.78. The molecule has 1 rings (SSSR count). The van der Waals surface area contributed by atoms with E-state index < -0.39 is 5.54 Å². The van der Waals surface area contributed by atoms with Crippen molar-refractivity contribution in [1.29, 1.82) is 0 Å². The highest BCUT2D eigenvalue weighted by Gasteiger charge is 2.53. The van der Waals surface area contributed by atoms with Crippen LogP contribution in [0.25, 0.3) is 0 Å². The summed E-state index contributed by atoms with van der Waals surface area (Å²) in [5.74, 6) is -0.623. The quantitative estimate of drug-likeness (QED) is 0.634. The lowest BCUT2D eigenvalue weighted by Crippen LogP contribution is -2.49. The summed E-state index contributed by atoms with van der Waals surface area (Å²) in [5, 5.41) is 11.1. The average Bonchev–Trinajstić information content (AvgIpc) is 2.11. The van der Waals surface area contributed by atoms with E-state index in [9.17, 15) is 10.0 Å². The Hall–Kier alpha value is -0.610. The van der Waals surface area contributed by atoms with Gasteiger partial charge in [0.25, 0.3) is 0 Å². The second-order valence-electron chi connectivity index (χ2n) is 4.94. The molecule has 1 saturated heterocycles. The first-order valence-electron chi connectivity index (χ1n) is 4.48. The number of carbonyl (C=O) groups excluding carboxylic acids is 1. The summed E-state index contributed by atoms with van der Waals surface area (Å²) in [4.78, 5) is 11.1. The van der Waals surface area contributed by atoms with Gasteiger partial charge in [0.2, 0.25) is 5.91 Å². The van der Waals surface area contributed by atoms with Crippen molar-refractivity contribution in [3.05, 3.63) is 0 Å². The van der Waals surface area contributed by atoms with Crippen LogP contribution in [-0.4, -0.2) is 27.3 Å². The van der Waals surface area contributed by atoms with Crippen LogP contribution in [0.3, 0.4) is 0 Å². The first-order chi connectivity index (χ1) is 5.69. The lowest BCUT2D eigenvalue weighted by Gasteiger charge is -2.35. The van der Waals surface area contributed by atoms with Gasteiger partial charge in [-0.05, 0) is 34.1 Å². The maximum absolute atomic E-state index is 11.1. The predicted molar refractivity (Wildman–Crippen MR) is 49.1 cm³/mol. The van der Waals surface area contributed by atoms with Gasteiger partial charge in [0, 0.05) is 5.54 Å². The Bertz CT molecular complexity index is 236. The minimum atomic E-state index is -0.560. The highest BCUT2D eigenvalue weighted by Crippen LogP contribution is 2.43. The van der Waals surface area contributed by atoms with Crippen molar-refractivity contribution >= 4 is 5.91 Å². The van der Waals surface area contributed by atoms with Crippen LogP contribution < -0.4 is 5.73 Å². The molecule has 0 unspecified atom stereocenters. The maximum atomic E-state index is 11.1. The molecule has 76 valence electrons. The fourth-order valence-electron chi connectivity index (χ4n) is 2.21. The molecule has 13 heavy (non-hydrogen) atoms. The van der Waals surface area contributed by atoms with Crippen LogP contribution in [0.4, 0.5) is 0 Å². The summed E-state index contributed by atoms with van der Waals surface area (Å²) in [6, 6.07) is 0. The van der Waals surface area contributed by atoms with Crippen LogP contribution in [-0.2, 0) is 4.79 Å². The smallest absolute Gasteiger partial charge is 0.222 e. The Labute approximate surface area is 78.7 Å². The van der Waals surface area contributed by atoms with Gasteiger partial charge in [0.1, 0.15) is 0 Å². The molecular weight excluding hydrogens is 168 g/mol. The zero-order chi connectivity index (χ0) is 10.4. The van der Waals surface area contributed by atoms with Crippen molar-refractivity contribution in [3.63, 3.8) is 0 Å². The number of primary amides is 1. The second-order valence-corrected chi connectivity index (χ2v) is 4.94. The standard InChI is InChI=1S/C9H18N2O2/c1-8(2)5-6(7(10)12)9(3,4)11(8)13/h6,13H,5H2,1-4H3,(H2,10,12)/t6-/m0/s1. The Balaban J connectivity index is 3.00. The summed E-state index contributed by atoms with van der Waals surface area (Å²) in [6.45, 7) is 7.46. The third-order valence-corrected chi connectivity index (χ3v) is 3.02. The number of rotatable bonds is 1. The summed E-state index contributed by atoms with van der Waals surface area (Å²) in [5.41, 5.74) is 4.35. The Morgan fingerprint density at radius 2 is 1.92 bits per heavy atom. The van der Waals surface area contributed by atoms with E-state index in [1.54, 1.807) is 0 Å². The van der Waals surface area contributed by atoms with Gasteiger partial charge in [-0.25, -0.2) is 0 Å². The topological polar surface area (TPSA) is 66.6 Å². The van der Waals surface area contributed by atoms with Crippen LogP contribution in [0.5, 0.6) is 0 Å². The van der Waals surface area contributed by atoms with E-state index in [0.29, 0.717) is 6.42 Å². The maximum Gasteiger partial charge on any atom is 0.222 e. The molecule has 0 saturated carbocycles. The largest absolute Gasteiger partial charge is 0.369 e. The van der Waals surface area contributed by atoms with E-state index in [-0.39, 0.29) is 17.4 Å². The van der Waals surface area contributed by atoms with Gasteiger partial charge in [0.15, 0.2) is 0 Å². The normalized spacial score (nSPS) is 31.9. The molecule has 1 aliphatic heterocycles. The molecule has 1 amide bonds. The molecule has 1 fully saturated rings. The van der Waals surface area contributed by atoms with Crippen molar-refractivity contribution in [1.82, 2.24) is 5.06 Å². The molecule has 0 bridgehead atoms. The minimum absolute atomic E-state index is 0.285. The second kappa shape index (κ2) is 2.69. The molecule has 0 spiro atoms. The van der Waals surface area contributed by atoms with Gasteiger partial charge in [-0.1, -0.05) is 0 Å². The van der Waals surface area contributed by atoms with Crippen molar-refractivity contribution in [2.45, 2.75) is 45.2 Å². The monoisotopic (exact) mass is 186 g/mol. The van der Waals surface area contributed by atoms with Crippen molar-refractivity contribution in [2.24, 2.45) is 11.7 Å². The predicted octanol–water partition coefficient (Wildman–Crippen LogP) is 0.740. The summed E-state index contributed by atoms with van der Waals surface area (Å²) >= 11 is 0. The number of nitrogens with two attached hydrogens (primary N) is 1. The van der Waals surface area contributed by atoms with E-state index in [0.717, 1.165) is 0 Å². The number of amides is 1. The van der Waals surface area contributed by atoms with Gasteiger partial charge >= 0.3 is 0 Å². The Morgan fingerprint density at radius 3 is 2.08 bits per heavy atom. The summed E-state index contributed by atoms with van der Waals surface area (Å²) in [7, 11) is 0. The lowest BCUT2D eigenvalue weighted by molar-refractivity contribution is -0.197. The fraction of sp³-hybridized carbons (Fsp3) is 0.889. The Morgan fingerprint density at radius 1 is 1.46 bits per heavy atom. The molecule has 0 aromatic carbocycles. The number of hydrogen-bond donors (Lipinski definition) is 2. The molecule has 0 aromatic heterocycles. The zero-order valence-electron chi connectivity index (χ0n) is 8.66. The van der Waals surface area contributed by atoms with Gasteiger partial charge in [-0.2, -0.15) is 5.06 Å². The number of hydrogen-bond acceptors (Lipinski definition) is 3. The van der Waals surface area contributed by atoms with Crippen molar-refractivity contribution < 1.29 is 10.0 Å². The van der Waals surface area contributed by atoms with Crippen LogP contribution in [0, 0.1) is 5.92 Å². The molecule has 4 heteroatoms. The SMILES string of the molecule is CC1(C)C[C@@H](C(N)=O)C(C)(C)N1O. The van der Waals surface area contributed by atoms with Gasteiger partial charge in [-0.15, -0.1) is 0 Å². The van der Waals surface area contributed by atoms with E-state index in [1.807, 2.05) is 27.7 Å². The van der Waals surface area contributed by atoms with E-state index in [4.69, 9.17) is 5.73 Å². The average molecular weight is 186 g/mol. The third kappa shape index (κ3) is 1.44. The minimum Gasteiger partial charge on any atom is -0.369 e. The molecule has 0 aliphatic carbocycles. The molecular formula is C9H18N2O2. The first kappa shape index (κ1) is 10.5. The van der Waals surface area contributed by atoms with Crippen LogP contribution in [0.1, 0.15) is 34.1 Å². The van der Waals surface area contributed by atoms with Crippen molar-refractivity contribution in [2.75, 3.05) is 0 Å². The van der Waals surface area contributed by atoms with Crippen molar-refractivity contribution in [3.8, 4) is 0 Å². The van der Waals surface area contributed by atoms with Crippen LogP contribution in [0.2, 0.25) is 0 Å². The first-order valence-corrected chi connectivity index (χ1v) is 4.48. The van der Waals surface area contributed by atoms with Gasteiger partial charge in [0.05, 0.1) is 11.5 Å². The molecule has 0 radical (unpaired) electrons. The molecule has 1 atom stereocenters. The number of nitrogens with zero attached hydrogens (tertiary/aromatic N) is 1. The van der Waals surface area contributed by atoms with E-state index in [2.05, 4.69) is 0 Å². The highest BCUT2D eigenvalue weighted by atomic mass is 16.5. The fourth-order valence-corrected chi connectivity index (χ4v) is 2.21. The lowest BCUT2D eigenvalue weighted by atomic mass is 9.86. The third-order valence-electron chi connectivity index (χ3n) is 3.02. The van der Waals surface area contributed by atoms with Gasteiger partial charge in [-0.3, -0.25) is 4.79 Å². The summed E-state index contributed by atoms with van der Waals surface area (Å²) in [6.07, 6.45) is 0.603. The molecule has 0 aromatic rings. The summed E-state index contributed by atoms with van der Waals surface area (Å²) < 4.78 is 0. The number of hydroxylamine groups is 2. The number of carbonyl (C=O) groups is 1. The van der Waals surface area contributed by atoms with E-state index >= 15 is 0 Å². The molecule has 3 N–H and O–H groups in total. The zero-order valence-corrected chi connectivity index (χ0v) is 8.66.